The number of anilines is 1. The number of carboxylic acids is 1. The van der Waals surface area contributed by atoms with Crippen LogP contribution >= 0.6 is 23.6 Å². The van der Waals surface area contributed by atoms with Gasteiger partial charge in [-0.05, 0) is 56.2 Å². The van der Waals surface area contributed by atoms with Crippen molar-refractivity contribution in [1.29, 1.82) is 0 Å². The Morgan fingerprint density at radius 3 is 2.35 bits per heavy atom. The number of hydrazone groups is 1. The van der Waals surface area contributed by atoms with Crippen LogP contribution in [0.5, 0.6) is 0 Å². The zero-order valence-corrected chi connectivity index (χ0v) is 14.6. The first-order valence-corrected chi connectivity index (χ1v) is 8.10. The normalized spacial score (nSPS) is 11.2. The van der Waals surface area contributed by atoms with Gasteiger partial charge in [0.25, 0.3) is 0 Å². The van der Waals surface area contributed by atoms with Gasteiger partial charge in [0.1, 0.15) is 0 Å². The molecule has 2 N–H and O–H groups in total. The Morgan fingerprint density at radius 2 is 1.78 bits per heavy atom. The van der Waals surface area contributed by atoms with Gasteiger partial charge in [-0.25, -0.2) is 0 Å². The molecule has 1 heterocycles. The molecule has 0 aliphatic heterocycles. The van der Waals surface area contributed by atoms with Crippen LogP contribution in [-0.2, 0) is 0 Å². The second-order valence-electron chi connectivity index (χ2n) is 4.98. The van der Waals surface area contributed by atoms with E-state index < -0.39 is 5.97 Å². The standard InChI is InChI=1S/C16H17N3O2S2/c1-9-5-4-6-10(2)14(9)17-16(22)19-18-11(3)12-7-8-13(23-12)15(20)21/h4-8H,1-3H3,(H,20,21)(H2,17,19,22)/p-1/b18-11-. The minimum absolute atomic E-state index is 0.172. The molecule has 0 unspecified atom stereocenters. The molecule has 0 fully saturated rings. The number of benzene rings is 1. The summed E-state index contributed by atoms with van der Waals surface area (Å²) in [5.41, 5.74) is 6.55. The average Bonchev–Trinajstić information content (AvgIpc) is 2.99. The quantitative estimate of drug-likeness (QED) is 0.505. The van der Waals surface area contributed by atoms with Crippen LogP contribution in [-0.4, -0.2) is 16.8 Å². The fourth-order valence-electron chi connectivity index (χ4n) is 1.98. The Bertz CT molecular complexity index is 761. The Labute approximate surface area is 144 Å². The fourth-order valence-corrected chi connectivity index (χ4v) is 2.92. The second-order valence-corrected chi connectivity index (χ2v) is 6.47. The molecule has 1 aromatic heterocycles. The summed E-state index contributed by atoms with van der Waals surface area (Å²) in [5.74, 6) is -1.19. The third-order valence-corrected chi connectivity index (χ3v) is 4.58. The summed E-state index contributed by atoms with van der Waals surface area (Å²) in [6.45, 7) is 5.78. The molecule has 23 heavy (non-hydrogen) atoms. The van der Waals surface area contributed by atoms with Gasteiger partial charge in [0, 0.05) is 5.69 Å². The van der Waals surface area contributed by atoms with Crippen LogP contribution in [0.1, 0.15) is 32.6 Å². The van der Waals surface area contributed by atoms with E-state index in [-0.39, 0.29) is 4.88 Å². The molecule has 0 bridgehead atoms. The molecule has 120 valence electrons. The van der Waals surface area contributed by atoms with E-state index in [0.29, 0.717) is 10.8 Å². The zero-order valence-electron chi connectivity index (χ0n) is 13.0. The van der Waals surface area contributed by atoms with Crippen molar-refractivity contribution in [2.45, 2.75) is 20.8 Å². The second kappa shape index (κ2) is 7.34. The molecule has 2 aromatic rings. The van der Waals surface area contributed by atoms with Crippen LogP contribution in [0.3, 0.4) is 0 Å². The first-order chi connectivity index (χ1) is 10.9. The largest absolute Gasteiger partial charge is 0.544 e. The van der Waals surface area contributed by atoms with Crippen LogP contribution in [0.4, 0.5) is 5.69 Å². The van der Waals surface area contributed by atoms with Crippen molar-refractivity contribution in [3.63, 3.8) is 0 Å². The third kappa shape index (κ3) is 4.37. The molecular weight excluding hydrogens is 330 g/mol. The van der Waals surface area contributed by atoms with Crippen LogP contribution in [0.15, 0.2) is 35.4 Å². The van der Waals surface area contributed by atoms with Crippen molar-refractivity contribution in [2.24, 2.45) is 5.10 Å². The van der Waals surface area contributed by atoms with E-state index in [9.17, 15) is 9.90 Å². The van der Waals surface area contributed by atoms with E-state index in [1.54, 1.807) is 13.0 Å². The number of thiocarbonyl (C=S) groups is 1. The highest BCUT2D eigenvalue weighted by Crippen LogP contribution is 2.19. The van der Waals surface area contributed by atoms with Gasteiger partial charge in [0.2, 0.25) is 0 Å². The number of nitrogens with zero attached hydrogens (tertiary/aromatic N) is 1. The van der Waals surface area contributed by atoms with Gasteiger partial charge in [-0.2, -0.15) is 5.10 Å². The van der Waals surface area contributed by atoms with E-state index in [1.165, 1.54) is 6.07 Å². The van der Waals surface area contributed by atoms with Crippen molar-refractivity contribution >= 4 is 46.0 Å². The van der Waals surface area contributed by atoms with Gasteiger partial charge in [0.15, 0.2) is 5.11 Å². The number of aromatic carboxylic acids is 1. The van der Waals surface area contributed by atoms with Gasteiger partial charge in [-0.15, -0.1) is 11.3 Å². The summed E-state index contributed by atoms with van der Waals surface area (Å²) in [4.78, 5) is 11.7. The van der Waals surface area contributed by atoms with E-state index in [4.69, 9.17) is 12.2 Å². The smallest absolute Gasteiger partial charge is 0.191 e. The topological polar surface area (TPSA) is 76.5 Å². The number of hydrogen-bond acceptors (Lipinski definition) is 5. The van der Waals surface area contributed by atoms with E-state index in [2.05, 4.69) is 15.8 Å². The minimum Gasteiger partial charge on any atom is -0.544 e. The predicted octanol–water partition coefficient (Wildman–Crippen LogP) is 2.44. The molecule has 0 atom stereocenters. The molecule has 7 heteroatoms. The molecular formula is C16H16N3O2S2-. The lowest BCUT2D eigenvalue weighted by Crippen LogP contribution is -2.25. The first-order valence-electron chi connectivity index (χ1n) is 6.87. The van der Waals surface area contributed by atoms with E-state index >= 15 is 0 Å². The molecule has 0 saturated carbocycles. The van der Waals surface area contributed by atoms with Crippen LogP contribution in [0.25, 0.3) is 0 Å². The number of thiophene rings is 1. The fraction of sp³-hybridized carbons (Fsp3) is 0.188. The Hall–Kier alpha value is -2.25. The number of aryl methyl sites for hydroxylation is 2. The van der Waals surface area contributed by atoms with Gasteiger partial charge in [-0.1, -0.05) is 18.2 Å². The number of carboxylic acid groups (broad SMARTS) is 1. The molecule has 0 radical (unpaired) electrons. The molecule has 5 nitrogen and oxygen atoms in total. The van der Waals surface area contributed by atoms with Gasteiger partial charge < -0.3 is 15.2 Å². The highest BCUT2D eigenvalue weighted by Gasteiger charge is 2.06. The van der Waals surface area contributed by atoms with Gasteiger partial charge >= 0.3 is 0 Å². The number of rotatable bonds is 4. The maximum absolute atomic E-state index is 10.8. The Balaban J connectivity index is 2.03. The van der Waals surface area contributed by atoms with E-state index in [1.807, 2.05) is 32.0 Å². The zero-order chi connectivity index (χ0) is 17.0. The highest BCUT2D eigenvalue weighted by molar-refractivity contribution is 7.80. The molecule has 2 rings (SSSR count). The number of para-hydroxylation sites is 1. The predicted molar refractivity (Wildman–Crippen MR) is 96.1 cm³/mol. The van der Waals surface area contributed by atoms with E-state index in [0.717, 1.165) is 33.0 Å². The summed E-state index contributed by atoms with van der Waals surface area (Å²) < 4.78 is 0. The molecule has 0 aliphatic carbocycles. The van der Waals surface area contributed by atoms with Gasteiger partial charge in [-0.3, -0.25) is 5.43 Å². The summed E-state index contributed by atoms with van der Waals surface area (Å²) in [5, 5.41) is 18.5. The van der Waals surface area contributed by atoms with Crippen molar-refractivity contribution in [2.75, 3.05) is 5.32 Å². The SMILES string of the molecule is C/C(=N/NC(=S)Nc1c(C)cccc1C)c1ccc(C(=O)[O-])s1. The monoisotopic (exact) mass is 346 g/mol. The Kier molecular flexibility index (Phi) is 5.46. The molecule has 0 amide bonds. The molecule has 0 spiro atoms. The van der Waals surface area contributed by atoms with Crippen molar-refractivity contribution in [3.05, 3.63) is 51.2 Å². The summed E-state index contributed by atoms with van der Waals surface area (Å²) >= 11 is 6.35. The minimum atomic E-state index is -1.19. The summed E-state index contributed by atoms with van der Waals surface area (Å²) in [6.07, 6.45) is 0. The summed E-state index contributed by atoms with van der Waals surface area (Å²) in [7, 11) is 0. The first kappa shape index (κ1) is 17.1. The lowest BCUT2D eigenvalue weighted by molar-refractivity contribution is -0.254. The maximum atomic E-state index is 10.8. The van der Waals surface area contributed by atoms with Gasteiger partial charge in [0.05, 0.1) is 21.4 Å². The van der Waals surface area contributed by atoms with Crippen LogP contribution < -0.4 is 15.8 Å². The number of nitrogens with one attached hydrogen (secondary N) is 2. The van der Waals surface area contributed by atoms with Crippen molar-refractivity contribution in [1.82, 2.24) is 5.43 Å². The average molecular weight is 346 g/mol. The number of carbonyl (C=O) groups excluding carboxylic acids is 1. The summed E-state index contributed by atoms with van der Waals surface area (Å²) in [6, 6.07) is 9.18. The lowest BCUT2D eigenvalue weighted by atomic mass is 10.1. The number of carbonyl (C=O) groups is 1. The van der Waals surface area contributed by atoms with Crippen molar-refractivity contribution in [3.8, 4) is 0 Å². The Morgan fingerprint density at radius 1 is 1.17 bits per heavy atom. The molecule has 0 aliphatic rings. The third-order valence-electron chi connectivity index (χ3n) is 3.21. The van der Waals surface area contributed by atoms with Crippen molar-refractivity contribution < 1.29 is 9.90 Å². The lowest BCUT2D eigenvalue weighted by Gasteiger charge is -2.12. The number of hydrogen-bond donors (Lipinski definition) is 2. The molecule has 1 aromatic carbocycles. The highest BCUT2D eigenvalue weighted by atomic mass is 32.1. The van der Waals surface area contributed by atoms with Crippen LogP contribution in [0, 0.1) is 13.8 Å². The molecule has 0 saturated heterocycles. The van der Waals surface area contributed by atoms with Crippen LogP contribution in [0.2, 0.25) is 0 Å². The maximum Gasteiger partial charge on any atom is 0.191 e.